The average Bonchev–Trinajstić information content (AvgIpc) is 3.38. The van der Waals surface area contributed by atoms with Gasteiger partial charge in [0.15, 0.2) is 5.11 Å². The summed E-state index contributed by atoms with van der Waals surface area (Å²) in [5.41, 5.74) is 2.48. The molecule has 1 unspecified atom stereocenters. The Morgan fingerprint density at radius 3 is 2.43 bits per heavy atom. The number of carbonyl (C=O) groups excluding carboxylic acids is 3. The van der Waals surface area contributed by atoms with Crippen LogP contribution in [-0.2, 0) is 20.7 Å². The first-order valence-corrected chi connectivity index (χ1v) is 13.1. The summed E-state index contributed by atoms with van der Waals surface area (Å²) >= 11 is 7.30. The predicted molar refractivity (Wildman–Crippen MR) is 145 cm³/mol. The van der Waals surface area contributed by atoms with Crippen molar-refractivity contribution < 1.29 is 23.5 Å². The Bertz CT molecular complexity index is 1310. The molecule has 0 bridgehead atoms. The highest BCUT2D eigenvalue weighted by atomic mass is 32.1. The molecule has 10 heteroatoms. The minimum atomic E-state index is -0.809. The number of rotatable bonds is 9. The first-order chi connectivity index (χ1) is 17.8. The molecule has 0 spiro atoms. The maximum Gasteiger partial charge on any atom is 0.338 e. The number of anilines is 2. The van der Waals surface area contributed by atoms with Crippen molar-refractivity contribution in [2.75, 3.05) is 23.4 Å². The summed E-state index contributed by atoms with van der Waals surface area (Å²) in [5.74, 6) is -1.57. The van der Waals surface area contributed by atoms with Gasteiger partial charge in [-0.15, -0.1) is 11.3 Å². The van der Waals surface area contributed by atoms with E-state index in [1.807, 2.05) is 18.4 Å². The molecule has 1 fully saturated rings. The molecule has 0 aliphatic carbocycles. The molecular formula is C27H26FN3O4S2. The van der Waals surface area contributed by atoms with Crippen LogP contribution < -0.4 is 10.2 Å². The number of nitrogens with zero attached hydrogens (tertiary/aromatic N) is 2. The fraction of sp³-hybridized carbons (Fsp3) is 0.259. The standard InChI is InChI=1S/C27H26FN3O4S2/c1-3-35-26(34)18-4-8-20(9-5-18)29-24(32)16-22-25(33)31(21-10-6-19(28)7-11-21)27(36)30(22)14-12-23-17(2)13-15-37-23/h4-11,13,15,22H,3,12,14,16H2,1-2H3,(H,29,32). The highest BCUT2D eigenvalue weighted by Gasteiger charge is 2.44. The van der Waals surface area contributed by atoms with Gasteiger partial charge >= 0.3 is 5.97 Å². The van der Waals surface area contributed by atoms with Gasteiger partial charge in [0.2, 0.25) is 5.91 Å². The molecule has 2 amide bonds. The zero-order valence-corrected chi connectivity index (χ0v) is 22.0. The number of thiophene rings is 1. The fourth-order valence-electron chi connectivity index (χ4n) is 4.09. The SMILES string of the molecule is CCOC(=O)c1ccc(NC(=O)CC2C(=O)N(c3ccc(F)cc3)C(=S)N2CCc2sccc2C)cc1. The maximum atomic E-state index is 13.5. The van der Waals surface area contributed by atoms with Crippen LogP contribution in [0, 0.1) is 12.7 Å². The van der Waals surface area contributed by atoms with Gasteiger partial charge in [0, 0.05) is 17.1 Å². The fourth-order valence-corrected chi connectivity index (χ4v) is 5.40. The van der Waals surface area contributed by atoms with Crippen LogP contribution in [0.1, 0.15) is 34.1 Å². The number of aryl methyl sites for hydroxylation is 1. The Labute approximate surface area is 223 Å². The van der Waals surface area contributed by atoms with Gasteiger partial charge in [-0.3, -0.25) is 14.5 Å². The lowest BCUT2D eigenvalue weighted by Gasteiger charge is -2.24. The van der Waals surface area contributed by atoms with Crippen molar-refractivity contribution in [3.8, 4) is 0 Å². The quantitative estimate of drug-likeness (QED) is 0.306. The van der Waals surface area contributed by atoms with Gasteiger partial charge in [0.1, 0.15) is 11.9 Å². The maximum absolute atomic E-state index is 13.5. The summed E-state index contributed by atoms with van der Waals surface area (Å²) in [6.45, 7) is 4.48. The monoisotopic (exact) mass is 539 g/mol. The van der Waals surface area contributed by atoms with Gasteiger partial charge in [-0.2, -0.15) is 0 Å². The molecule has 37 heavy (non-hydrogen) atoms. The van der Waals surface area contributed by atoms with E-state index in [1.54, 1.807) is 47.4 Å². The first kappa shape index (κ1) is 26.4. The second-order valence-corrected chi connectivity index (χ2v) is 9.83. The van der Waals surface area contributed by atoms with E-state index in [0.29, 0.717) is 29.9 Å². The topological polar surface area (TPSA) is 78.9 Å². The van der Waals surface area contributed by atoms with Crippen molar-refractivity contribution in [3.05, 3.63) is 81.8 Å². The number of esters is 1. The van der Waals surface area contributed by atoms with Crippen molar-refractivity contribution in [2.24, 2.45) is 0 Å². The zero-order chi connectivity index (χ0) is 26.5. The average molecular weight is 540 g/mol. The molecule has 2 heterocycles. The van der Waals surface area contributed by atoms with Crippen molar-refractivity contribution in [3.63, 3.8) is 0 Å². The number of nitrogens with one attached hydrogen (secondary N) is 1. The molecule has 1 N–H and O–H groups in total. The van der Waals surface area contributed by atoms with Gasteiger partial charge in [-0.05, 0) is 98.0 Å². The normalized spacial score (nSPS) is 15.3. The largest absolute Gasteiger partial charge is 0.462 e. The summed E-state index contributed by atoms with van der Waals surface area (Å²) in [7, 11) is 0. The molecule has 192 valence electrons. The zero-order valence-electron chi connectivity index (χ0n) is 20.4. The van der Waals surface area contributed by atoms with E-state index >= 15 is 0 Å². The molecule has 1 atom stereocenters. The third kappa shape index (κ3) is 6.03. The summed E-state index contributed by atoms with van der Waals surface area (Å²) in [5, 5.41) is 5.08. The van der Waals surface area contributed by atoms with Gasteiger partial charge in [0.05, 0.1) is 24.3 Å². The molecule has 0 radical (unpaired) electrons. The molecule has 1 aliphatic heterocycles. The Morgan fingerprint density at radius 1 is 1.11 bits per heavy atom. The van der Waals surface area contributed by atoms with Crippen molar-refractivity contribution in [1.29, 1.82) is 0 Å². The molecule has 7 nitrogen and oxygen atoms in total. The number of ether oxygens (including phenoxy) is 1. The van der Waals surface area contributed by atoms with Crippen LogP contribution in [0.25, 0.3) is 0 Å². The summed E-state index contributed by atoms with van der Waals surface area (Å²) in [4.78, 5) is 42.6. The van der Waals surface area contributed by atoms with Gasteiger partial charge in [0.25, 0.3) is 5.91 Å². The molecular weight excluding hydrogens is 513 g/mol. The van der Waals surface area contributed by atoms with Crippen molar-refractivity contribution >= 4 is 57.8 Å². The number of hydrogen-bond donors (Lipinski definition) is 1. The Hall–Kier alpha value is -3.63. The van der Waals surface area contributed by atoms with E-state index < -0.39 is 17.8 Å². The number of benzene rings is 2. The van der Waals surface area contributed by atoms with E-state index in [-0.39, 0.29) is 30.0 Å². The minimum absolute atomic E-state index is 0.125. The lowest BCUT2D eigenvalue weighted by molar-refractivity contribution is -0.124. The van der Waals surface area contributed by atoms with E-state index in [9.17, 15) is 18.8 Å². The summed E-state index contributed by atoms with van der Waals surface area (Å²) in [6, 6.07) is 13.1. The van der Waals surface area contributed by atoms with E-state index in [0.717, 1.165) is 5.56 Å². The van der Waals surface area contributed by atoms with Gasteiger partial charge in [-0.25, -0.2) is 9.18 Å². The lowest BCUT2D eigenvalue weighted by Crippen LogP contribution is -2.39. The minimum Gasteiger partial charge on any atom is -0.462 e. The number of hydrogen-bond acceptors (Lipinski definition) is 6. The van der Waals surface area contributed by atoms with Crippen LogP contribution >= 0.6 is 23.6 Å². The Morgan fingerprint density at radius 2 is 1.81 bits per heavy atom. The van der Waals surface area contributed by atoms with Crippen LogP contribution in [0.3, 0.4) is 0 Å². The van der Waals surface area contributed by atoms with Crippen molar-refractivity contribution in [1.82, 2.24) is 4.90 Å². The van der Waals surface area contributed by atoms with Gasteiger partial charge in [-0.1, -0.05) is 0 Å². The molecule has 1 saturated heterocycles. The van der Waals surface area contributed by atoms with Crippen molar-refractivity contribution in [2.45, 2.75) is 32.7 Å². The number of halogens is 1. The second kappa shape index (κ2) is 11.6. The van der Waals surface area contributed by atoms with E-state index in [2.05, 4.69) is 5.32 Å². The third-order valence-corrected chi connectivity index (χ3v) is 7.51. The number of thiocarbonyl (C=S) groups is 1. The lowest BCUT2D eigenvalue weighted by atomic mass is 10.1. The third-order valence-electron chi connectivity index (χ3n) is 6.01. The van der Waals surface area contributed by atoms with Crippen LogP contribution in [0.2, 0.25) is 0 Å². The van der Waals surface area contributed by atoms with E-state index in [1.165, 1.54) is 34.0 Å². The summed E-state index contributed by atoms with van der Waals surface area (Å²) in [6.07, 6.45) is 0.543. The highest BCUT2D eigenvalue weighted by Crippen LogP contribution is 2.29. The van der Waals surface area contributed by atoms with Crippen LogP contribution in [0.15, 0.2) is 60.0 Å². The van der Waals surface area contributed by atoms with Crippen LogP contribution in [0.5, 0.6) is 0 Å². The molecule has 2 aromatic carbocycles. The number of carbonyl (C=O) groups is 3. The van der Waals surface area contributed by atoms with Gasteiger partial charge < -0.3 is 15.0 Å². The molecule has 1 aromatic heterocycles. The molecule has 1 aliphatic rings. The van der Waals surface area contributed by atoms with Crippen LogP contribution in [-0.4, -0.2) is 47.0 Å². The predicted octanol–water partition coefficient (Wildman–Crippen LogP) is 4.95. The smallest absolute Gasteiger partial charge is 0.338 e. The Balaban J connectivity index is 1.51. The Kier molecular flexibility index (Phi) is 8.30. The molecule has 4 rings (SSSR count). The molecule has 3 aromatic rings. The molecule has 0 saturated carbocycles. The second-order valence-electron chi connectivity index (χ2n) is 8.47. The van der Waals surface area contributed by atoms with Crippen LogP contribution in [0.4, 0.5) is 15.8 Å². The highest BCUT2D eigenvalue weighted by molar-refractivity contribution is 7.80. The van der Waals surface area contributed by atoms with E-state index in [4.69, 9.17) is 17.0 Å². The number of amides is 2. The first-order valence-electron chi connectivity index (χ1n) is 11.8. The summed E-state index contributed by atoms with van der Waals surface area (Å²) < 4.78 is 18.5.